The van der Waals surface area contributed by atoms with Crippen molar-refractivity contribution in [2.45, 2.75) is 24.3 Å². The van der Waals surface area contributed by atoms with Crippen molar-refractivity contribution < 1.29 is 13.2 Å². The van der Waals surface area contributed by atoms with Crippen molar-refractivity contribution in [1.82, 2.24) is 14.9 Å². The fourth-order valence-corrected chi connectivity index (χ4v) is 3.71. The standard InChI is InChI=1S/C20H27N3O3S/c1-16(17-9-5-4-6-10-17)22-20(24)18-11-7-12-19(15-18)27(25,26)21-13-8-14-23(2)3/h4-7,9-12,15-16,21H,8,13-14H2,1-3H3,(H,22,24). The van der Waals surface area contributed by atoms with E-state index in [-0.39, 0.29) is 16.8 Å². The molecule has 0 bridgehead atoms. The molecule has 0 aliphatic heterocycles. The smallest absolute Gasteiger partial charge is 0.251 e. The molecular formula is C20H27N3O3S. The molecule has 1 unspecified atom stereocenters. The summed E-state index contributed by atoms with van der Waals surface area (Å²) in [6.45, 7) is 3.03. The van der Waals surface area contributed by atoms with E-state index in [2.05, 4.69) is 10.0 Å². The molecule has 1 amide bonds. The van der Waals surface area contributed by atoms with Crippen LogP contribution in [0.1, 0.15) is 35.3 Å². The first-order chi connectivity index (χ1) is 12.8. The first-order valence-electron chi connectivity index (χ1n) is 8.90. The predicted molar refractivity (Wildman–Crippen MR) is 107 cm³/mol. The molecule has 0 aliphatic carbocycles. The molecule has 0 saturated carbocycles. The van der Waals surface area contributed by atoms with Gasteiger partial charge in [-0.3, -0.25) is 4.79 Å². The van der Waals surface area contributed by atoms with Crippen molar-refractivity contribution in [2.24, 2.45) is 0 Å². The summed E-state index contributed by atoms with van der Waals surface area (Å²) in [6.07, 6.45) is 0.709. The molecule has 0 heterocycles. The Morgan fingerprint density at radius 3 is 2.44 bits per heavy atom. The minimum Gasteiger partial charge on any atom is -0.346 e. The number of amides is 1. The molecule has 0 fully saturated rings. The Labute approximate surface area is 161 Å². The van der Waals surface area contributed by atoms with Crippen LogP contribution in [-0.4, -0.2) is 46.4 Å². The van der Waals surface area contributed by atoms with Gasteiger partial charge in [0, 0.05) is 12.1 Å². The average Bonchev–Trinajstić information content (AvgIpc) is 2.66. The highest BCUT2D eigenvalue weighted by Crippen LogP contribution is 2.15. The number of hydrogen-bond acceptors (Lipinski definition) is 4. The molecule has 146 valence electrons. The average molecular weight is 390 g/mol. The van der Waals surface area contributed by atoms with Crippen molar-refractivity contribution in [1.29, 1.82) is 0 Å². The second-order valence-electron chi connectivity index (χ2n) is 6.69. The van der Waals surface area contributed by atoms with Crippen LogP contribution in [0.3, 0.4) is 0 Å². The monoisotopic (exact) mass is 389 g/mol. The van der Waals surface area contributed by atoms with Crippen LogP contribution in [0.2, 0.25) is 0 Å². The molecule has 2 N–H and O–H groups in total. The number of benzene rings is 2. The fourth-order valence-electron chi connectivity index (χ4n) is 2.59. The van der Waals surface area contributed by atoms with Gasteiger partial charge in [0.25, 0.3) is 5.91 Å². The summed E-state index contributed by atoms with van der Waals surface area (Å²) in [5.41, 5.74) is 1.30. The topological polar surface area (TPSA) is 78.5 Å². The predicted octanol–water partition coefficient (Wildman–Crippen LogP) is 2.41. The number of nitrogens with zero attached hydrogens (tertiary/aromatic N) is 1. The molecular weight excluding hydrogens is 362 g/mol. The SMILES string of the molecule is CC(NC(=O)c1cccc(S(=O)(=O)NCCCN(C)C)c1)c1ccccc1. The highest BCUT2D eigenvalue weighted by molar-refractivity contribution is 7.89. The maximum Gasteiger partial charge on any atom is 0.251 e. The van der Waals surface area contributed by atoms with Gasteiger partial charge in [0.05, 0.1) is 10.9 Å². The molecule has 2 aromatic rings. The van der Waals surface area contributed by atoms with Crippen LogP contribution in [0.25, 0.3) is 0 Å². The summed E-state index contributed by atoms with van der Waals surface area (Å²) in [5.74, 6) is -0.309. The molecule has 0 spiro atoms. The van der Waals surface area contributed by atoms with Crippen LogP contribution in [0.15, 0.2) is 59.5 Å². The maximum absolute atomic E-state index is 12.5. The number of sulfonamides is 1. The van der Waals surface area contributed by atoms with E-state index < -0.39 is 10.0 Å². The van der Waals surface area contributed by atoms with Gasteiger partial charge in [-0.25, -0.2) is 13.1 Å². The number of hydrogen-bond donors (Lipinski definition) is 2. The van der Waals surface area contributed by atoms with E-state index in [9.17, 15) is 13.2 Å². The van der Waals surface area contributed by atoms with Crippen LogP contribution >= 0.6 is 0 Å². The molecule has 0 aliphatic rings. The van der Waals surface area contributed by atoms with Crippen molar-refractivity contribution in [3.05, 3.63) is 65.7 Å². The van der Waals surface area contributed by atoms with Crippen molar-refractivity contribution in [3.63, 3.8) is 0 Å². The summed E-state index contributed by atoms with van der Waals surface area (Å²) >= 11 is 0. The van der Waals surface area contributed by atoms with Gasteiger partial charge in [0.15, 0.2) is 0 Å². The highest BCUT2D eigenvalue weighted by Gasteiger charge is 2.17. The van der Waals surface area contributed by atoms with E-state index >= 15 is 0 Å². The summed E-state index contributed by atoms with van der Waals surface area (Å²) < 4.78 is 27.5. The summed E-state index contributed by atoms with van der Waals surface area (Å²) in [7, 11) is 0.232. The Morgan fingerprint density at radius 1 is 1.07 bits per heavy atom. The minimum absolute atomic E-state index is 0.0902. The zero-order valence-electron chi connectivity index (χ0n) is 16.0. The number of carbonyl (C=O) groups is 1. The zero-order chi connectivity index (χ0) is 19.9. The van der Waals surface area contributed by atoms with Gasteiger partial charge in [-0.15, -0.1) is 0 Å². The molecule has 2 rings (SSSR count). The van der Waals surface area contributed by atoms with Gasteiger partial charge < -0.3 is 10.2 Å². The number of nitrogens with one attached hydrogen (secondary N) is 2. The highest BCUT2D eigenvalue weighted by atomic mass is 32.2. The van der Waals surface area contributed by atoms with E-state index in [1.54, 1.807) is 12.1 Å². The largest absolute Gasteiger partial charge is 0.346 e. The van der Waals surface area contributed by atoms with Crippen LogP contribution in [0.4, 0.5) is 0 Å². The Morgan fingerprint density at radius 2 is 1.78 bits per heavy atom. The minimum atomic E-state index is -3.64. The van der Waals surface area contributed by atoms with Crippen molar-refractivity contribution in [3.8, 4) is 0 Å². The maximum atomic E-state index is 12.5. The summed E-state index contributed by atoms with van der Waals surface area (Å²) in [5, 5.41) is 2.90. The van der Waals surface area contributed by atoms with Crippen molar-refractivity contribution >= 4 is 15.9 Å². The normalized spacial score (nSPS) is 12.7. The number of rotatable bonds is 9. The van der Waals surface area contributed by atoms with E-state index in [1.165, 1.54) is 12.1 Å². The third-order valence-electron chi connectivity index (χ3n) is 4.13. The molecule has 0 aromatic heterocycles. The van der Waals surface area contributed by atoms with Gasteiger partial charge >= 0.3 is 0 Å². The van der Waals surface area contributed by atoms with E-state index in [1.807, 2.05) is 56.3 Å². The quantitative estimate of drug-likeness (QED) is 0.646. The van der Waals surface area contributed by atoms with E-state index in [0.717, 1.165) is 12.1 Å². The molecule has 7 heteroatoms. The summed E-state index contributed by atoms with van der Waals surface area (Å²) in [6, 6.07) is 15.5. The lowest BCUT2D eigenvalue weighted by molar-refractivity contribution is 0.0939. The first kappa shape index (κ1) is 21.1. The lowest BCUT2D eigenvalue weighted by Gasteiger charge is -2.15. The van der Waals surface area contributed by atoms with Crippen LogP contribution in [-0.2, 0) is 10.0 Å². The fraction of sp³-hybridized carbons (Fsp3) is 0.350. The van der Waals surface area contributed by atoms with Gasteiger partial charge in [-0.05, 0) is 57.7 Å². The lowest BCUT2D eigenvalue weighted by atomic mass is 10.1. The first-order valence-corrected chi connectivity index (χ1v) is 10.4. The van der Waals surface area contributed by atoms with E-state index in [4.69, 9.17) is 0 Å². The third kappa shape index (κ3) is 6.46. The Balaban J connectivity index is 2.04. The van der Waals surface area contributed by atoms with Gasteiger partial charge in [0.1, 0.15) is 0 Å². The zero-order valence-corrected chi connectivity index (χ0v) is 16.8. The van der Waals surface area contributed by atoms with E-state index in [0.29, 0.717) is 18.5 Å². The Kier molecular flexibility index (Phi) is 7.53. The molecule has 1 atom stereocenters. The van der Waals surface area contributed by atoms with Crippen LogP contribution < -0.4 is 10.0 Å². The lowest BCUT2D eigenvalue weighted by Crippen LogP contribution is -2.29. The molecule has 0 radical (unpaired) electrons. The van der Waals surface area contributed by atoms with Gasteiger partial charge in [-0.2, -0.15) is 0 Å². The number of carbonyl (C=O) groups excluding carboxylic acids is 1. The van der Waals surface area contributed by atoms with Crippen LogP contribution in [0.5, 0.6) is 0 Å². The summed E-state index contributed by atoms with van der Waals surface area (Å²) in [4.78, 5) is 14.6. The molecule has 27 heavy (non-hydrogen) atoms. The van der Waals surface area contributed by atoms with Gasteiger partial charge in [0.2, 0.25) is 10.0 Å². The van der Waals surface area contributed by atoms with Crippen LogP contribution in [0, 0.1) is 0 Å². The third-order valence-corrected chi connectivity index (χ3v) is 5.59. The molecule has 2 aromatic carbocycles. The Hall–Kier alpha value is -2.22. The molecule has 0 saturated heterocycles. The second-order valence-corrected chi connectivity index (χ2v) is 8.46. The van der Waals surface area contributed by atoms with Crippen molar-refractivity contribution in [2.75, 3.05) is 27.2 Å². The second kappa shape index (κ2) is 9.64. The Bertz CT molecular complexity index is 852. The molecule has 6 nitrogen and oxygen atoms in total. The van der Waals surface area contributed by atoms with Gasteiger partial charge in [-0.1, -0.05) is 36.4 Å².